The standard InChI is InChI=1S/C14H16N4O2/c1-9-3-4-10(8-15-9)18-12(16-13(19)20)7-11(17-18)14(2)5-6-14/h3-4,7-8,16H,5-6H2,1-2H3,(H,19,20). The molecule has 0 spiro atoms. The van der Waals surface area contributed by atoms with E-state index in [1.54, 1.807) is 16.9 Å². The molecule has 2 N–H and O–H groups in total. The zero-order chi connectivity index (χ0) is 14.3. The maximum atomic E-state index is 10.9. The number of hydrogen-bond acceptors (Lipinski definition) is 3. The minimum atomic E-state index is -1.10. The molecule has 0 unspecified atom stereocenters. The normalized spacial score (nSPS) is 15.9. The maximum absolute atomic E-state index is 10.9. The van der Waals surface area contributed by atoms with Gasteiger partial charge in [-0.1, -0.05) is 6.92 Å². The van der Waals surface area contributed by atoms with Crippen molar-refractivity contribution in [1.29, 1.82) is 0 Å². The van der Waals surface area contributed by atoms with E-state index in [-0.39, 0.29) is 5.41 Å². The molecule has 2 aromatic rings. The summed E-state index contributed by atoms with van der Waals surface area (Å²) in [6.45, 7) is 4.04. The molecule has 6 nitrogen and oxygen atoms in total. The second kappa shape index (κ2) is 4.33. The summed E-state index contributed by atoms with van der Waals surface area (Å²) in [6.07, 6.45) is 2.76. The second-order valence-corrected chi connectivity index (χ2v) is 5.48. The summed E-state index contributed by atoms with van der Waals surface area (Å²) in [7, 11) is 0. The molecule has 1 aliphatic rings. The van der Waals surface area contributed by atoms with Crippen molar-refractivity contribution in [3.63, 3.8) is 0 Å². The minimum absolute atomic E-state index is 0.0817. The number of pyridine rings is 1. The Morgan fingerprint density at radius 2 is 2.20 bits per heavy atom. The summed E-state index contributed by atoms with van der Waals surface area (Å²) in [5.41, 5.74) is 2.65. The van der Waals surface area contributed by atoms with Crippen LogP contribution in [0, 0.1) is 6.92 Å². The molecule has 0 aliphatic heterocycles. The average Bonchev–Trinajstić information content (AvgIpc) is 2.99. The second-order valence-electron chi connectivity index (χ2n) is 5.48. The van der Waals surface area contributed by atoms with Crippen molar-refractivity contribution in [3.05, 3.63) is 35.8 Å². The number of nitrogens with zero attached hydrogens (tertiary/aromatic N) is 3. The van der Waals surface area contributed by atoms with Crippen LogP contribution in [-0.4, -0.2) is 26.0 Å². The van der Waals surface area contributed by atoms with E-state index < -0.39 is 6.09 Å². The molecule has 0 radical (unpaired) electrons. The van der Waals surface area contributed by atoms with E-state index in [1.807, 2.05) is 19.1 Å². The van der Waals surface area contributed by atoms with E-state index in [0.29, 0.717) is 5.82 Å². The van der Waals surface area contributed by atoms with Crippen LogP contribution in [-0.2, 0) is 5.41 Å². The number of amides is 1. The van der Waals surface area contributed by atoms with Gasteiger partial charge in [0.2, 0.25) is 0 Å². The van der Waals surface area contributed by atoms with Gasteiger partial charge in [0.05, 0.1) is 17.6 Å². The molecular formula is C14H16N4O2. The third-order valence-corrected chi connectivity index (χ3v) is 3.70. The van der Waals surface area contributed by atoms with Crippen LogP contribution >= 0.6 is 0 Å². The van der Waals surface area contributed by atoms with Gasteiger partial charge in [-0.05, 0) is 31.9 Å². The number of carboxylic acid groups (broad SMARTS) is 1. The van der Waals surface area contributed by atoms with E-state index >= 15 is 0 Å². The summed E-state index contributed by atoms with van der Waals surface area (Å²) >= 11 is 0. The Hall–Kier alpha value is -2.37. The van der Waals surface area contributed by atoms with Crippen LogP contribution < -0.4 is 5.32 Å². The van der Waals surface area contributed by atoms with Crippen LogP contribution in [0.1, 0.15) is 31.2 Å². The first-order valence-electron chi connectivity index (χ1n) is 6.51. The molecule has 104 valence electrons. The van der Waals surface area contributed by atoms with Crippen molar-refractivity contribution in [2.24, 2.45) is 0 Å². The Labute approximate surface area is 116 Å². The van der Waals surface area contributed by atoms with E-state index in [9.17, 15) is 4.79 Å². The molecule has 1 aliphatic carbocycles. The first-order chi connectivity index (χ1) is 9.48. The molecule has 0 aromatic carbocycles. The summed E-state index contributed by atoms with van der Waals surface area (Å²) in [6, 6.07) is 5.56. The molecule has 20 heavy (non-hydrogen) atoms. The Morgan fingerprint density at radius 1 is 1.45 bits per heavy atom. The largest absolute Gasteiger partial charge is 0.465 e. The van der Waals surface area contributed by atoms with Crippen LogP contribution in [0.2, 0.25) is 0 Å². The maximum Gasteiger partial charge on any atom is 0.410 e. The van der Waals surface area contributed by atoms with Crippen molar-refractivity contribution in [3.8, 4) is 5.69 Å². The molecule has 1 saturated carbocycles. The number of anilines is 1. The first kappa shape index (κ1) is 12.7. The van der Waals surface area contributed by atoms with Crippen molar-refractivity contribution < 1.29 is 9.90 Å². The number of aryl methyl sites for hydroxylation is 1. The summed E-state index contributed by atoms with van der Waals surface area (Å²) < 4.78 is 1.60. The molecular weight excluding hydrogens is 256 g/mol. The van der Waals surface area contributed by atoms with Gasteiger partial charge in [-0.2, -0.15) is 5.10 Å². The highest BCUT2D eigenvalue weighted by atomic mass is 16.4. The van der Waals surface area contributed by atoms with Crippen molar-refractivity contribution in [1.82, 2.24) is 14.8 Å². The number of hydrogen-bond donors (Lipinski definition) is 2. The quantitative estimate of drug-likeness (QED) is 0.900. The molecule has 1 fully saturated rings. The van der Waals surface area contributed by atoms with E-state index in [2.05, 4.69) is 22.3 Å². The van der Waals surface area contributed by atoms with Crippen molar-refractivity contribution >= 4 is 11.9 Å². The molecule has 2 aromatic heterocycles. The molecule has 1 amide bonds. The van der Waals surface area contributed by atoms with Crippen molar-refractivity contribution in [2.75, 3.05) is 5.32 Å². The lowest BCUT2D eigenvalue weighted by Crippen LogP contribution is -2.12. The van der Waals surface area contributed by atoms with Gasteiger partial charge >= 0.3 is 6.09 Å². The summed E-state index contributed by atoms with van der Waals surface area (Å²) in [4.78, 5) is 15.1. The summed E-state index contributed by atoms with van der Waals surface area (Å²) in [5.74, 6) is 0.450. The number of rotatable bonds is 3. The zero-order valence-electron chi connectivity index (χ0n) is 11.4. The van der Waals surface area contributed by atoms with Gasteiger partial charge < -0.3 is 5.11 Å². The molecule has 3 rings (SSSR count). The van der Waals surface area contributed by atoms with E-state index in [0.717, 1.165) is 29.9 Å². The fourth-order valence-electron chi connectivity index (χ4n) is 2.10. The Kier molecular flexibility index (Phi) is 2.74. The minimum Gasteiger partial charge on any atom is -0.465 e. The Morgan fingerprint density at radius 3 is 2.75 bits per heavy atom. The lowest BCUT2D eigenvalue weighted by molar-refractivity contribution is 0.209. The third kappa shape index (κ3) is 2.24. The zero-order valence-corrected chi connectivity index (χ0v) is 11.4. The van der Waals surface area contributed by atoms with Crippen LogP contribution in [0.3, 0.4) is 0 Å². The highest BCUT2D eigenvalue weighted by Gasteiger charge is 2.42. The van der Waals surface area contributed by atoms with Gasteiger partial charge in [0.25, 0.3) is 0 Å². The number of nitrogens with one attached hydrogen (secondary N) is 1. The lowest BCUT2D eigenvalue weighted by Gasteiger charge is -2.06. The average molecular weight is 272 g/mol. The van der Waals surface area contributed by atoms with E-state index in [4.69, 9.17) is 5.11 Å². The number of aromatic nitrogens is 3. The lowest BCUT2D eigenvalue weighted by atomic mass is 10.1. The highest BCUT2D eigenvalue weighted by Crippen LogP contribution is 2.47. The SMILES string of the molecule is Cc1ccc(-n2nc(C3(C)CC3)cc2NC(=O)O)cn1. The fourth-order valence-corrected chi connectivity index (χ4v) is 2.10. The van der Waals surface area contributed by atoms with Gasteiger partial charge in [-0.25, -0.2) is 9.48 Å². The topological polar surface area (TPSA) is 80.0 Å². The van der Waals surface area contributed by atoms with Gasteiger partial charge in [-0.15, -0.1) is 0 Å². The van der Waals surface area contributed by atoms with Gasteiger partial charge in [0, 0.05) is 17.2 Å². The molecule has 0 atom stereocenters. The molecule has 6 heteroatoms. The van der Waals surface area contributed by atoms with Gasteiger partial charge in [-0.3, -0.25) is 10.3 Å². The molecule has 2 heterocycles. The molecule has 0 saturated heterocycles. The van der Waals surface area contributed by atoms with Crippen molar-refractivity contribution in [2.45, 2.75) is 32.1 Å². The summed E-state index contributed by atoms with van der Waals surface area (Å²) in [5, 5.41) is 15.9. The first-order valence-corrected chi connectivity index (χ1v) is 6.51. The Balaban J connectivity index is 2.05. The van der Waals surface area contributed by atoms with Crippen LogP contribution in [0.15, 0.2) is 24.4 Å². The third-order valence-electron chi connectivity index (χ3n) is 3.70. The Bertz CT molecular complexity index is 656. The van der Waals surface area contributed by atoms with Gasteiger partial charge in [0.1, 0.15) is 5.82 Å². The molecule has 0 bridgehead atoms. The van der Waals surface area contributed by atoms with Crippen LogP contribution in [0.5, 0.6) is 0 Å². The predicted octanol–water partition coefficient (Wildman–Crippen LogP) is 2.72. The highest BCUT2D eigenvalue weighted by molar-refractivity contribution is 5.82. The van der Waals surface area contributed by atoms with Crippen LogP contribution in [0.4, 0.5) is 10.6 Å². The van der Waals surface area contributed by atoms with Gasteiger partial charge in [0.15, 0.2) is 0 Å². The predicted molar refractivity (Wildman–Crippen MR) is 74.3 cm³/mol. The monoisotopic (exact) mass is 272 g/mol. The van der Waals surface area contributed by atoms with E-state index in [1.165, 1.54) is 0 Å². The number of carbonyl (C=O) groups is 1. The smallest absolute Gasteiger partial charge is 0.410 e. The fraction of sp³-hybridized carbons (Fsp3) is 0.357. The van der Waals surface area contributed by atoms with Crippen LogP contribution in [0.25, 0.3) is 5.69 Å².